The Morgan fingerprint density at radius 2 is 1.69 bits per heavy atom. The van der Waals surface area contributed by atoms with E-state index < -0.39 is 6.10 Å². The number of carbonyl (C=O) groups is 1. The Balaban J connectivity index is 1.43. The van der Waals surface area contributed by atoms with Crippen LogP contribution in [0.5, 0.6) is 0 Å². The molecule has 2 N–H and O–H groups in total. The smallest absolute Gasteiger partial charge is 0.231 e. The standard InChI is InChI=1S/C27H36N2O2S/c1-3-29(4-2)17-23(30)22-13-24(21-8-6-5-7-9-21)32-25(22)28-26(31)27-14-18-10-19(15-27)12-20(11-18)16-27/h5-9,13,18-20,23,30H,3-4,10-12,14-17H2,1-2H3,(H,28,31). The number of amides is 1. The molecule has 6 rings (SSSR count). The van der Waals surface area contributed by atoms with E-state index in [1.807, 2.05) is 18.2 Å². The lowest BCUT2D eigenvalue weighted by atomic mass is 9.49. The Kier molecular flexibility index (Phi) is 6.17. The molecule has 4 aliphatic rings. The monoisotopic (exact) mass is 452 g/mol. The lowest BCUT2D eigenvalue weighted by Crippen LogP contribution is -2.51. The SMILES string of the molecule is CCN(CC)CC(O)c1cc(-c2ccccc2)sc1NC(=O)C12CC3CC(CC(C3)C1)C2. The highest BCUT2D eigenvalue weighted by Crippen LogP contribution is 2.60. The number of thiophene rings is 1. The Morgan fingerprint density at radius 1 is 1.09 bits per heavy atom. The molecule has 4 fully saturated rings. The maximum Gasteiger partial charge on any atom is 0.231 e. The second-order valence-electron chi connectivity index (χ2n) is 10.4. The number of nitrogens with one attached hydrogen (secondary N) is 1. The fourth-order valence-electron chi connectivity index (χ4n) is 6.94. The Hall–Kier alpha value is -1.69. The third-order valence-electron chi connectivity index (χ3n) is 8.25. The summed E-state index contributed by atoms with van der Waals surface area (Å²) in [6.07, 6.45) is 6.54. The summed E-state index contributed by atoms with van der Waals surface area (Å²) < 4.78 is 0. The van der Waals surface area contributed by atoms with Crippen LogP contribution in [0, 0.1) is 23.2 Å². The van der Waals surface area contributed by atoms with Gasteiger partial charge in [0, 0.05) is 17.0 Å². The van der Waals surface area contributed by atoms with Crippen molar-refractivity contribution in [3.63, 3.8) is 0 Å². The van der Waals surface area contributed by atoms with Crippen LogP contribution in [0.1, 0.15) is 64.0 Å². The molecule has 4 aliphatic carbocycles. The van der Waals surface area contributed by atoms with Crippen molar-refractivity contribution < 1.29 is 9.90 Å². The van der Waals surface area contributed by atoms with Gasteiger partial charge in [-0.2, -0.15) is 0 Å². The van der Waals surface area contributed by atoms with E-state index in [1.165, 1.54) is 19.3 Å². The van der Waals surface area contributed by atoms with Gasteiger partial charge in [-0.15, -0.1) is 11.3 Å². The normalized spacial score (nSPS) is 29.4. The first kappa shape index (κ1) is 22.1. The number of rotatable bonds is 8. The summed E-state index contributed by atoms with van der Waals surface area (Å²) in [7, 11) is 0. The van der Waals surface area contributed by atoms with Gasteiger partial charge < -0.3 is 15.3 Å². The van der Waals surface area contributed by atoms with Gasteiger partial charge in [0.15, 0.2) is 0 Å². The quantitative estimate of drug-likeness (QED) is 0.521. The van der Waals surface area contributed by atoms with Gasteiger partial charge in [-0.25, -0.2) is 0 Å². The van der Waals surface area contributed by atoms with Gasteiger partial charge in [0.2, 0.25) is 5.91 Å². The molecule has 0 spiro atoms. The van der Waals surface area contributed by atoms with Gasteiger partial charge in [-0.05, 0) is 81.0 Å². The van der Waals surface area contributed by atoms with E-state index in [9.17, 15) is 9.90 Å². The van der Waals surface area contributed by atoms with Crippen LogP contribution in [-0.2, 0) is 4.79 Å². The zero-order valence-electron chi connectivity index (χ0n) is 19.3. The molecule has 0 aliphatic heterocycles. The molecule has 4 bridgehead atoms. The van der Waals surface area contributed by atoms with E-state index in [0.29, 0.717) is 6.54 Å². The molecule has 172 valence electrons. The van der Waals surface area contributed by atoms with Gasteiger partial charge in [0.1, 0.15) is 5.00 Å². The van der Waals surface area contributed by atoms with E-state index in [-0.39, 0.29) is 11.3 Å². The number of carbonyl (C=O) groups excluding carboxylic acids is 1. The number of benzene rings is 1. The summed E-state index contributed by atoms with van der Waals surface area (Å²) >= 11 is 1.61. The number of hydrogen-bond acceptors (Lipinski definition) is 4. The average molecular weight is 453 g/mol. The first-order valence-electron chi connectivity index (χ1n) is 12.4. The van der Waals surface area contributed by atoms with Crippen molar-refractivity contribution >= 4 is 22.2 Å². The lowest BCUT2D eigenvalue weighted by molar-refractivity contribution is -0.140. The van der Waals surface area contributed by atoms with E-state index in [2.05, 4.69) is 42.3 Å². The topological polar surface area (TPSA) is 52.6 Å². The predicted octanol–water partition coefficient (Wildman–Crippen LogP) is 5.95. The first-order chi connectivity index (χ1) is 15.5. The third-order valence-corrected chi connectivity index (χ3v) is 9.37. The Labute approximate surface area is 196 Å². The molecule has 1 unspecified atom stereocenters. The second-order valence-corrected chi connectivity index (χ2v) is 11.5. The fourth-order valence-corrected chi connectivity index (χ4v) is 8.06. The van der Waals surface area contributed by atoms with Crippen molar-refractivity contribution in [2.75, 3.05) is 25.0 Å². The molecule has 1 heterocycles. The van der Waals surface area contributed by atoms with Crippen LogP contribution < -0.4 is 5.32 Å². The van der Waals surface area contributed by atoms with Crippen LogP contribution in [0.25, 0.3) is 10.4 Å². The molecule has 2 aromatic rings. The highest BCUT2D eigenvalue weighted by atomic mass is 32.1. The zero-order chi connectivity index (χ0) is 22.3. The predicted molar refractivity (Wildman–Crippen MR) is 132 cm³/mol. The van der Waals surface area contributed by atoms with Crippen LogP contribution in [0.15, 0.2) is 36.4 Å². The van der Waals surface area contributed by atoms with Gasteiger partial charge >= 0.3 is 0 Å². The maximum absolute atomic E-state index is 13.7. The number of anilines is 1. The first-order valence-corrected chi connectivity index (χ1v) is 13.2. The van der Waals surface area contributed by atoms with Crippen molar-refractivity contribution in [1.29, 1.82) is 0 Å². The van der Waals surface area contributed by atoms with Crippen molar-refractivity contribution in [3.8, 4) is 10.4 Å². The molecule has 4 saturated carbocycles. The van der Waals surface area contributed by atoms with E-state index in [0.717, 1.165) is 71.1 Å². The number of nitrogens with zero attached hydrogens (tertiary/aromatic N) is 1. The van der Waals surface area contributed by atoms with Crippen LogP contribution in [0.4, 0.5) is 5.00 Å². The molecule has 4 nitrogen and oxygen atoms in total. The van der Waals surface area contributed by atoms with Crippen molar-refractivity contribution in [2.45, 2.75) is 58.5 Å². The molecular weight excluding hydrogens is 416 g/mol. The van der Waals surface area contributed by atoms with Crippen LogP contribution in [0.3, 0.4) is 0 Å². The minimum absolute atomic E-state index is 0.188. The number of aliphatic hydroxyl groups excluding tert-OH is 1. The van der Waals surface area contributed by atoms with Gasteiger partial charge in [0.05, 0.1) is 11.5 Å². The second kappa shape index (κ2) is 8.92. The van der Waals surface area contributed by atoms with Crippen LogP contribution in [0.2, 0.25) is 0 Å². The zero-order valence-corrected chi connectivity index (χ0v) is 20.2. The minimum atomic E-state index is -0.615. The molecule has 0 saturated heterocycles. The van der Waals surface area contributed by atoms with Crippen molar-refractivity contribution in [1.82, 2.24) is 4.90 Å². The van der Waals surface area contributed by atoms with Gasteiger partial charge in [0.25, 0.3) is 0 Å². The molecule has 32 heavy (non-hydrogen) atoms. The number of aliphatic hydroxyl groups is 1. The van der Waals surface area contributed by atoms with Crippen LogP contribution in [-0.4, -0.2) is 35.5 Å². The summed E-state index contributed by atoms with van der Waals surface area (Å²) in [5, 5.41) is 15.3. The molecule has 1 aromatic heterocycles. The highest BCUT2D eigenvalue weighted by Gasteiger charge is 2.54. The highest BCUT2D eigenvalue weighted by molar-refractivity contribution is 7.19. The van der Waals surface area contributed by atoms with E-state index in [1.54, 1.807) is 11.3 Å². The molecule has 5 heteroatoms. The molecule has 1 aromatic carbocycles. The Bertz CT molecular complexity index is 915. The van der Waals surface area contributed by atoms with E-state index >= 15 is 0 Å². The summed E-state index contributed by atoms with van der Waals surface area (Å²) in [6, 6.07) is 12.4. The third kappa shape index (κ3) is 4.15. The summed E-state index contributed by atoms with van der Waals surface area (Å²) in [5.41, 5.74) is 1.80. The maximum atomic E-state index is 13.7. The van der Waals surface area contributed by atoms with Gasteiger partial charge in [-0.3, -0.25) is 4.79 Å². The summed E-state index contributed by atoms with van der Waals surface area (Å²) in [5.74, 6) is 2.42. The van der Waals surface area contributed by atoms with Crippen molar-refractivity contribution in [3.05, 3.63) is 42.0 Å². The summed E-state index contributed by atoms with van der Waals surface area (Å²) in [6.45, 7) is 6.62. The molecular formula is C27H36N2O2S. The molecule has 1 atom stereocenters. The largest absolute Gasteiger partial charge is 0.387 e. The number of likely N-dealkylation sites (N-methyl/N-ethyl adjacent to an activating group) is 1. The summed E-state index contributed by atoms with van der Waals surface area (Å²) in [4.78, 5) is 17.1. The molecule has 1 amide bonds. The lowest BCUT2D eigenvalue weighted by Gasteiger charge is -2.55. The fraction of sp³-hybridized carbons (Fsp3) is 0.593. The average Bonchev–Trinajstić information content (AvgIpc) is 3.21. The van der Waals surface area contributed by atoms with E-state index in [4.69, 9.17) is 0 Å². The van der Waals surface area contributed by atoms with Crippen LogP contribution >= 0.6 is 11.3 Å². The minimum Gasteiger partial charge on any atom is -0.387 e. The number of hydrogen-bond donors (Lipinski definition) is 2. The molecule has 0 radical (unpaired) electrons. The Morgan fingerprint density at radius 3 is 2.25 bits per heavy atom. The van der Waals surface area contributed by atoms with Crippen molar-refractivity contribution in [2.24, 2.45) is 23.2 Å². The van der Waals surface area contributed by atoms with Gasteiger partial charge in [-0.1, -0.05) is 44.2 Å².